The van der Waals surface area contributed by atoms with Crippen molar-refractivity contribution in [2.45, 2.75) is 26.3 Å². The molecule has 1 amide bonds. The van der Waals surface area contributed by atoms with E-state index >= 15 is 0 Å². The highest BCUT2D eigenvalue weighted by atomic mass is 16.2. The van der Waals surface area contributed by atoms with E-state index in [0.29, 0.717) is 5.57 Å². The Morgan fingerprint density at radius 3 is 2.42 bits per heavy atom. The molecule has 0 aromatic rings. The summed E-state index contributed by atoms with van der Waals surface area (Å²) in [6.45, 7) is 10.6. The van der Waals surface area contributed by atoms with Gasteiger partial charge in [0.25, 0.3) is 5.91 Å². The fourth-order valence-electron chi connectivity index (χ4n) is 1.38. The molecule has 19 heavy (non-hydrogen) atoms. The summed E-state index contributed by atoms with van der Waals surface area (Å²) in [4.78, 5) is 23.0. The van der Waals surface area contributed by atoms with Crippen molar-refractivity contribution in [1.29, 1.82) is 5.41 Å². The van der Waals surface area contributed by atoms with Crippen LogP contribution in [0.25, 0.3) is 0 Å². The van der Waals surface area contributed by atoms with Gasteiger partial charge in [-0.25, -0.2) is 0 Å². The Morgan fingerprint density at radius 2 is 2.00 bits per heavy atom. The summed E-state index contributed by atoms with van der Waals surface area (Å²) < 4.78 is 0. The predicted molar refractivity (Wildman–Crippen MR) is 78.2 cm³/mol. The number of carbonyl (C=O) groups excluding carboxylic acids is 2. The molecule has 4 heteroatoms. The third kappa shape index (κ3) is 5.29. The van der Waals surface area contributed by atoms with Crippen molar-refractivity contribution in [3.05, 3.63) is 49.1 Å². The van der Waals surface area contributed by atoms with Crippen molar-refractivity contribution in [2.75, 3.05) is 0 Å². The van der Waals surface area contributed by atoms with Gasteiger partial charge in [-0.2, -0.15) is 0 Å². The maximum absolute atomic E-state index is 11.6. The number of rotatable bonds is 8. The number of hydrogen-bond donors (Lipinski definition) is 2. The highest BCUT2D eigenvalue weighted by Crippen LogP contribution is 2.07. The van der Waals surface area contributed by atoms with Crippen molar-refractivity contribution in [3.8, 4) is 0 Å². The molecule has 0 saturated heterocycles. The summed E-state index contributed by atoms with van der Waals surface area (Å²) in [5.41, 5.74) is 0.820. The van der Waals surface area contributed by atoms with Gasteiger partial charge in [0.2, 0.25) is 5.78 Å². The van der Waals surface area contributed by atoms with Gasteiger partial charge < -0.3 is 10.7 Å². The Hall–Kier alpha value is -2.23. The maximum atomic E-state index is 11.6. The summed E-state index contributed by atoms with van der Waals surface area (Å²) in [6, 6.07) is -0.679. The van der Waals surface area contributed by atoms with Crippen molar-refractivity contribution in [1.82, 2.24) is 5.32 Å². The molecule has 0 spiro atoms. The number of Topliss-reactive ketones (excluding diaryl/α,β-unsaturated/α-hetero) is 1. The molecule has 0 radical (unpaired) electrons. The summed E-state index contributed by atoms with van der Waals surface area (Å²) in [7, 11) is 0. The minimum atomic E-state index is -0.689. The zero-order chi connectivity index (χ0) is 14.8. The van der Waals surface area contributed by atoms with E-state index in [9.17, 15) is 9.59 Å². The van der Waals surface area contributed by atoms with Gasteiger partial charge in [0.15, 0.2) is 0 Å². The SMILES string of the molecule is C=C/C=C\C(=N)C(NC(=O)C(=O)CC)/C(C=C)=C/C. The molecule has 0 aromatic carbocycles. The Kier molecular flexibility index (Phi) is 7.77. The van der Waals surface area contributed by atoms with Crippen LogP contribution in [0.2, 0.25) is 0 Å². The first-order chi connectivity index (χ1) is 9.01. The van der Waals surface area contributed by atoms with Gasteiger partial charge in [-0.3, -0.25) is 9.59 Å². The molecular formula is C15H20N2O2. The second kappa shape index (κ2) is 8.80. The van der Waals surface area contributed by atoms with E-state index in [0.717, 1.165) is 0 Å². The van der Waals surface area contributed by atoms with Crippen LogP contribution >= 0.6 is 0 Å². The molecule has 2 N–H and O–H groups in total. The molecule has 0 aliphatic carbocycles. The fourth-order valence-corrected chi connectivity index (χ4v) is 1.38. The Labute approximate surface area is 114 Å². The lowest BCUT2D eigenvalue weighted by Gasteiger charge is -2.18. The summed E-state index contributed by atoms with van der Waals surface area (Å²) in [6.07, 6.45) is 8.07. The number of carbonyl (C=O) groups is 2. The highest BCUT2D eigenvalue weighted by Gasteiger charge is 2.21. The molecule has 0 aliphatic heterocycles. The summed E-state index contributed by atoms with van der Waals surface area (Å²) in [5, 5.41) is 10.5. The molecule has 0 bridgehead atoms. The summed E-state index contributed by atoms with van der Waals surface area (Å²) >= 11 is 0. The largest absolute Gasteiger partial charge is 0.337 e. The zero-order valence-electron chi connectivity index (χ0n) is 11.4. The molecule has 0 rings (SSSR count). The van der Waals surface area contributed by atoms with Crippen molar-refractivity contribution >= 4 is 17.4 Å². The molecule has 0 aromatic heterocycles. The lowest BCUT2D eigenvalue weighted by molar-refractivity contribution is -0.137. The summed E-state index contributed by atoms with van der Waals surface area (Å²) in [5.74, 6) is -1.20. The third-order valence-electron chi connectivity index (χ3n) is 2.48. The predicted octanol–water partition coefficient (Wildman–Crippen LogP) is 2.34. The smallest absolute Gasteiger partial charge is 0.288 e. The van der Waals surface area contributed by atoms with Gasteiger partial charge in [0.05, 0.1) is 11.8 Å². The van der Waals surface area contributed by atoms with Crippen molar-refractivity contribution in [3.63, 3.8) is 0 Å². The minimum Gasteiger partial charge on any atom is -0.337 e. The molecule has 1 unspecified atom stereocenters. The van der Waals surface area contributed by atoms with E-state index in [1.807, 2.05) is 0 Å². The molecule has 1 atom stereocenters. The van der Waals surface area contributed by atoms with Crippen LogP contribution in [0.15, 0.2) is 49.1 Å². The van der Waals surface area contributed by atoms with Crippen LogP contribution in [-0.2, 0) is 9.59 Å². The molecule has 102 valence electrons. The van der Waals surface area contributed by atoms with E-state index in [4.69, 9.17) is 5.41 Å². The lowest BCUT2D eigenvalue weighted by atomic mass is 10.0. The normalized spacial score (nSPS) is 12.8. The number of nitrogens with one attached hydrogen (secondary N) is 2. The van der Waals surface area contributed by atoms with Crippen LogP contribution in [0.3, 0.4) is 0 Å². The Bertz CT molecular complexity index is 445. The second-order valence-corrected chi connectivity index (χ2v) is 3.73. The van der Waals surface area contributed by atoms with E-state index in [-0.39, 0.29) is 12.1 Å². The van der Waals surface area contributed by atoms with E-state index in [2.05, 4.69) is 18.5 Å². The fraction of sp³-hybridized carbons (Fsp3) is 0.267. The van der Waals surface area contributed by atoms with E-state index in [1.165, 1.54) is 12.2 Å². The number of hydrogen-bond acceptors (Lipinski definition) is 3. The Balaban J connectivity index is 5.18. The highest BCUT2D eigenvalue weighted by molar-refractivity contribution is 6.36. The van der Waals surface area contributed by atoms with E-state index in [1.54, 1.807) is 32.1 Å². The van der Waals surface area contributed by atoms with Gasteiger partial charge in [-0.05, 0) is 18.6 Å². The zero-order valence-corrected chi connectivity index (χ0v) is 11.4. The first-order valence-corrected chi connectivity index (χ1v) is 6.01. The van der Waals surface area contributed by atoms with Crippen molar-refractivity contribution < 1.29 is 9.59 Å². The first-order valence-electron chi connectivity index (χ1n) is 6.01. The number of ketones is 1. The van der Waals surface area contributed by atoms with Crippen LogP contribution < -0.4 is 5.32 Å². The van der Waals surface area contributed by atoms with Gasteiger partial charge in [-0.1, -0.05) is 44.4 Å². The van der Waals surface area contributed by atoms with Gasteiger partial charge >= 0.3 is 0 Å². The lowest BCUT2D eigenvalue weighted by Crippen LogP contribution is -2.44. The van der Waals surface area contributed by atoms with Crippen LogP contribution in [0.4, 0.5) is 0 Å². The van der Waals surface area contributed by atoms with Crippen LogP contribution in [0, 0.1) is 5.41 Å². The van der Waals surface area contributed by atoms with Gasteiger partial charge in [0.1, 0.15) is 0 Å². The van der Waals surface area contributed by atoms with Crippen LogP contribution in [-0.4, -0.2) is 23.4 Å². The molecule has 4 nitrogen and oxygen atoms in total. The van der Waals surface area contributed by atoms with Crippen LogP contribution in [0.5, 0.6) is 0 Å². The van der Waals surface area contributed by atoms with Gasteiger partial charge in [-0.15, -0.1) is 0 Å². The average Bonchev–Trinajstić information content (AvgIpc) is 2.43. The second-order valence-electron chi connectivity index (χ2n) is 3.73. The number of amides is 1. The molecule has 0 aliphatic rings. The average molecular weight is 260 g/mol. The standard InChI is InChI=1S/C15H20N2O2/c1-5-9-10-12(16)14(11(6-2)7-3)17-15(19)13(18)8-4/h5-7,9-10,14,16H,1-2,8H2,3-4H3,(H,17,19)/b10-9-,11-7+,16-12?. The third-order valence-corrected chi connectivity index (χ3v) is 2.48. The molecule has 0 heterocycles. The quantitative estimate of drug-likeness (QED) is 0.399. The first kappa shape index (κ1) is 16.8. The Morgan fingerprint density at radius 1 is 1.37 bits per heavy atom. The topological polar surface area (TPSA) is 70.0 Å². The van der Waals surface area contributed by atoms with Crippen LogP contribution in [0.1, 0.15) is 20.3 Å². The minimum absolute atomic E-state index is 0.133. The monoisotopic (exact) mass is 260 g/mol. The molecule has 0 fully saturated rings. The maximum Gasteiger partial charge on any atom is 0.288 e. The molecular weight excluding hydrogens is 240 g/mol. The molecule has 0 saturated carbocycles. The van der Waals surface area contributed by atoms with Gasteiger partial charge in [0, 0.05) is 6.42 Å². The number of allylic oxidation sites excluding steroid dienone is 3. The van der Waals surface area contributed by atoms with Crippen molar-refractivity contribution in [2.24, 2.45) is 0 Å². The van der Waals surface area contributed by atoms with E-state index < -0.39 is 17.7 Å².